The molecule has 0 amide bonds. The van der Waals surface area contributed by atoms with Gasteiger partial charge in [0.15, 0.2) is 0 Å². The molecule has 4 aliphatic rings. The van der Waals surface area contributed by atoms with Gasteiger partial charge in [-0.15, -0.1) is 0 Å². The predicted molar refractivity (Wildman–Crippen MR) is 84.1 cm³/mol. The van der Waals surface area contributed by atoms with Gasteiger partial charge in [0.2, 0.25) is 0 Å². The summed E-state index contributed by atoms with van der Waals surface area (Å²) in [5, 5.41) is 20.2. The van der Waals surface area contributed by atoms with E-state index in [4.69, 9.17) is 0 Å². The summed E-state index contributed by atoms with van der Waals surface area (Å²) >= 11 is 0. The Labute approximate surface area is 132 Å². The van der Waals surface area contributed by atoms with E-state index >= 15 is 0 Å². The smallest absolute Gasteiger partial charge is 0.139 e. The van der Waals surface area contributed by atoms with Crippen LogP contribution in [-0.4, -0.2) is 28.7 Å². The van der Waals surface area contributed by atoms with Crippen LogP contribution in [0.25, 0.3) is 0 Å². The number of Topliss-reactive ketones (excluding diaryl/α,β-unsaturated/α-hetero) is 1. The molecule has 22 heavy (non-hydrogen) atoms. The lowest BCUT2D eigenvalue weighted by atomic mass is 9.47. The Hall–Kier alpha value is -0.670. The van der Waals surface area contributed by atoms with E-state index in [0.717, 1.165) is 51.4 Å². The molecule has 4 rings (SSSR count). The van der Waals surface area contributed by atoms with Gasteiger partial charge in [0.25, 0.3) is 0 Å². The SMILES string of the molecule is C[C@]12CCC3C(CCC4=CC(O)CC[C@@]43CO)[C@@H]1CCC2=O. The number of aliphatic hydroxyl groups is 2. The van der Waals surface area contributed by atoms with E-state index in [-0.39, 0.29) is 23.5 Å². The van der Waals surface area contributed by atoms with Gasteiger partial charge >= 0.3 is 0 Å². The Kier molecular flexibility index (Phi) is 3.32. The maximum absolute atomic E-state index is 12.4. The van der Waals surface area contributed by atoms with Crippen molar-refractivity contribution in [1.82, 2.24) is 0 Å². The van der Waals surface area contributed by atoms with Crippen LogP contribution in [0.5, 0.6) is 0 Å². The summed E-state index contributed by atoms with van der Waals surface area (Å²) in [6, 6.07) is 0. The first kappa shape index (κ1) is 14.9. The molecule has 3 unspecified atom stereocenters. The fourth-order valence-corrected chi connectivity index (χ4v) is 6.57. The number of hydrogen-bond acceptors (Lipinski definition) is 3. The third-order valence-corrected chi connectivity index (χ3v) is 7.80. The Bertz CT molecular complexity index is 525. The summed E-state index contributed by atoms with van der Waals surface area (Å²) in [4.78, 5) is 12.4. The van der Waals surface area contributed by atoms with Crippen LogP contribution in [0.15, 0.2) is 11.6 Å². The highest BCUT2D eigenvalue weighted by Crippen LogP contribution is 2.64. The lowest BCUT2D eigenvalue weighted by molar-refractivity contribution is -0.133. The largest absolute Gasteiger partial charge is 0.395 e. The molecule has 0 bridgehead atoms. The van der Waals surface area contributed by atoms with Crippen LogP contribution in [0.2, 0.25) is 0 Å². The minimum atomic E-state index is -0.326. The van der Waals surface area contributed by atoms with Crippen molar-refractivity contribution in [3.8, 4) is 0 Å². The molecule has 3 nitrogen and oxygen atoms in total. The van der Waals surface area contributed by atoms with Crippen LogP contribution in [0.3, 0.4) is 0 Å². The van der Waals surface area contributed by atoms with E-state index in [1.54, 1.807) is 0 Å². The fraction of sp³-hybridized carbons (Fsp3) is 0.842. The number of carbonyl (C=O) groups excluding carboxylic acids is 1. The van der Waals surface area contributed by atoms with Crippen molar-refractivity contribution in [2.75, 3.05) is 6.61 Å². The summed E-state index contributed by atoms with van der Waals surface area (Å²) in [5.74, 6) is 2.10. The number of fused-ring (bicyclic) bond motifs is 5. The minimum absolute atomic E-state index is 0.0901. The predicted octanol–water partition coefficient (Wildman–Crippen LogP) is 2.85. The second-order valence-electron chi connectivity index (χ2n) is 8.45. The zero-order chi connectivity index (χ0) is 15.5. The molecule has 6 atom stereocenters. The monoisotopic (exact) mass is 304 g/mol. The summed E-state index contributed by atoms with van der Waals surface area (Å²) in [7, 11) is 0. The van der Waals surface area contributed by atoms with Crippen LogP contribution in [0.4, 0.5) is 0 Å². The number of rotatable bonds is 1. The molecular weight excluding hydrogens is 276 g/mol. The second-order valence-corrected chi connectivity index (χ2v) is 8.45. The van der Waals surface area contributed by atoms with Gasteiger partial charge in [-0.25, -0.2) is 0 Å². The highest BCUT2D eigenvalue weighted by atomic mass is 16.3. The molecule has 0 aromatic rings. The standard InChI is InChI=1S/C19H28O3/c1-18-8-7-16-14(15(18)4-5-17(18)22)3-2-12-10-13(21)6-9-19(12,16)11-20/h10,13-16,20-21H,2-9,11H2,1H3/t13?,14?,15-,16?,18-,19+/m0/s1. The van der Waals surface area contributed by atoms with Gasteiger partial charge in [0.05, 0.1) is 12.7 Å². The molecule has 4 aliphatic carbocycles. The Balaban J connectivity index is 1.71. The first-order chi connectivity index (χ1) is 10.5. The molecule has 2 N–H and O–H groups in total. The second kappa shape index (κ2) is 4.91. The van der Waals surface area contributed by atoms with E-state index in [1.165, 1.54) is 5.57 Å². The van der Waals surface area contributed by atoms with Gasteiger partial charge in [-0.3, -0.25) is 4.79 Å². The fourth-order valence-electron chi connectivity index (χ4n) is 6.57. The number of ketones is 1. The van der Waals surface area contributed by atoms with Crippen molar-refractivity contribution in [3.05, 3.63) is 11.6 Å². The molecule has 122 valence electrons. The minimum Gasteiger partial charge on any atom is -0.395 e. The Morgan fingerprint density at radius 2 is 1.95 bits per heavy atom. The van der Waals surface area contributed by atoms with Crippen molar-refractivity contribution >= 4 is 5.78 Å². The molecule has 0 spiro atoms. The first-order valence-corrected chi connectivity index (χ1v) is 9.05. The number of carbonyl (C=O) groups is 1. The third-order valence-electron chi connectivity index (χ3n) is 7.80. The highest BCUT2D eigenvalue weighted by Gasteiger charge is 2.59. The van der Waals surface area contributed by atoms with E-state index < -0.39 is 0 Å². The number of hydrogen-bond donors (Lipinski definition) is 2. The zero-order valence-corrected chi connectivity index (χ0v) is 13.6. The quantitative estimate of drug-likeness (QED) is 0.732. The summed E-state index contributed by atoms with van der Waals surface area (Å²) < 4.78 is 0. The van der Waals surface area contributed by atoms with Crippen molar-refractivity contribution in [1.29, 1.82) is 0 Å². The number of aliphatic hydroxyl groups excluding tert-OH is 2. The van der Waals surface area contributed by atoms with E-state index in [9.17, 15) is 15.0 Å². The summed E-state index contributed by atoms with van der Waals surface area (Å²) in [6.45, 7) is 2.41. The topological polar surface area (TPSA) is 57.5 Å². The molecule has 0 aliphatic heterocycles. The summed E-state index contributed by atoms with van der Waals surface area (Å²) in [6.07, 6.45) is 9.41. The molecular formula is C19H28O3. The van der Waals surface area contributed by atoms with Crippen LogP contribution in [-0.2, 0) is 4.79 Å². The molecule has 3 heteroatoms. The highest BCUT2D eigenvalue weighted by molar-refractivity contribution is 5.87. The molecule has 0 aromatic carbocycles. The molecule has 3 fully saturated rings. The molecule has 3 saturated carbocycles. The third kappa shape index (κ3) is 1.78. The van der Waals surface area contributed by atoms with Crippen molar-refractivity contribution in [3.63, 3.8) is 0 Å². The van der Waals surface area contributed by atoms with Gasteiger partial charge in [0, 0.05) is 17.3 Å². The van der Waals surface area contributed by atoms with Crippen molar-refractivity contribution < 1.29 is 15.0 Å². The molecule has 0 radical (unpaired) electrons. The van der Waals surface area contributed by atoms with Crippen LogP contribution < -0.4 is 0 Å². The van der Waals surface area contributed by atoms with Crippen molar-refractivity contribution in [2.24, 2.45) is 28.6 Å². The zero-order valence-electron chi connectivity index (χ0n) is 13.6. The van der Waals surface area contributed by atoms with Gasteiger partial charge in [-0.2, -0.15) is 0 Å². The maximum atomic E-state index is 12.4. The Morgan fingerprint density at radius 1 is 1.14 bits per heavy atom. The van der Waals surface area contributed by atoms with Gasteiger partial charge < -0.3 is 10.2 Å². The first-order valence-electron chi connectivity index (χ1n) is 9.05. The van der Waals surface area contributed by atoms with E-state index in [2.05, 4.69) is 6.92 Å². The van der Waals surface area contributed by atoms with Gasteiger partial charge in [-0.05, 0) is 62.7 Å². The Morgan fingerprint density at radius 3 is 2.73 bits per heavy atom. The average Bonchev–Trinajstić information content (AvgIpc) is 2.82. The lowest BCUT2D eigenvalue weighted by Crippen LogP contribution is -2.53. The van der Waals surface area contributed by atoms with E-state index in [1.807, 2.05) is 6.08 Å². The molecule has 0 saturated heterocycles. The normalized spacial score (nSPS) is 50.9. The summed E-state index contributed by atoms with van der Waals surface area (Å²) in [5.41, 5.74) is 1.12. The van der Waals surface area contributed by atoms with Crippen molar-refractivity contribution in [2.45, 2.75) is 64.4 Å². The maximum Gasteiger partial charge on any atom is 0.139 e. The van der Waals surface area contributed by atoms with Gasteiger partial charge in [0.1, 0.15) is 5.78 Å². The van der Waals surface area contributed by atoms with Gasteiger partial charge in [-0.1, -0.05) is 18.6 Å². The molecule has 0 aromatic heterocycles. The lowest BCUT2D eigenvalue weighted by Gasteiger charge is -2.57. The van der Waals surface area contributed by atoms with Crippen LogP contribution in [0.1, 0.15) is 58.3 Å². The van der Waals surface area contributed by atoms with E-state index in [0.29, 0.717) is 23.5 Å². The van der Waals surface area contributed by atoms with Crippen LogP contribution in [0, 0.1) is 28.6 Å². The molecule has 0 heterocycles. The van der Waals surface area contributed by atoms with Crippen LogP contribution >= 0.6 is 0 Å². The average molecular weight is 304 g/mol.